The van der Waals surface area contributed by atoms with E-state index in [1.807, 2.05) is 25.1 Å². The Hall–Kier alpha value is -2.30. The van der Waals surface area contributed by atoms with Crippen LogP contribution in [0.4, 0.5) is 11.6 Å². The van der Waals surface area contributed by atoms with Crippen LogP contribution in [0, 0.1) is 6.92 Å². The summed E-state index contributed by atoms with van der Waals surface area (Å²) in [5.41, 5.74) is 2.14. The Labute approximate surface area is 131 Å². The molecule has 1 saturated heterocycles. The quantitative estimate of drug-likeness (QED) is 0.940. The van der Waals surface area contributed by atoms with E-state index >= 15 is 0 Å². The standard InChI is InChI=1S/C17H22N4O/c1-13-9-10-18-17(19-13)20-14-6-5-11-21(12-14)15-7-3-4-8-16(15)22-2/h3-4,7-10,14H,5-6,11-12H2,1-2H3,(H,18,19,20). The van der Waals surface area contributed by atoms with Crippen molar-refractivity contribution in [1.29, 1.82) is 0 Å². The molecule has 22 heavy (non-hydrogen) atoms. The number of piperidine rings is 1. The number of hydrogen-bond acceptors (Lipinski definition) is 5. The molecule has 0 radical (unpaired) electrons. The maximum absolute atomic E-state index is 5.48. The molecule has 0 aliphatic carbocycles. The van der Waals surface area contributed by atoms with Crippen molar-refractivity contribution in [2.24, 2.45) is 0 Å². The second kappa shape index (κ2) is 6.64. The van der Waals surface area contributed by atoms with E-state index in [0.717, 1.165) is 43.1 Å². The fourth-order valence-electron chi connectivity index (χ4n) is 2.91. The molecule has 5 nitrogen and oxygen atoms in total. The van der Waals surface area contributed by atoms with Crippen molar-refractivity contribution in [2.45, 2.75) is 25.8 Å². The first-order valence-electron chi connectivity index (χ1n) is 7.70. The van der Waals surface area contributed by atoms with Gasteiger partial charge in [0.2, 0.25) is 5.95 Å². The first kappa shape index (κ1) is 14.6. The highest BCUT2D eigenvalue weighted by Gasteiger charge is 2.22. The molecule has 3 rings (SSSR count). The summed E-state index contributed by atoms with van der Waals surface area (Å²) < 4.78 is 5.48. The molecule has 1 atom stereocenters. The summed E-state index contributed by atoms with van der Waals surface area (Å²) in [6, 6.07) is 10.4. The number of ether oxygens (including phenoxy) is 1. The molecule has 1 aromatic carbocycles. The van der Waals surface area contributed by atoms with Gasteiger partial charge in [-0.2, -0.15) is 0 Å². The van der Waals surface area contributed by atoms with E-state index in [1.165, 1.54) is 0 Å². The maximum atomic E-state index is 5.48. The van der Waals surface area contributed by atoms with Crippen LogP contribution in [0.3, 0.4) is 0 Å². The van der Waals surface area contributed by atoms with Crippen LogP contribution in [-0.2, 0) is 0 Å². The Morgan fingerprint density at radius 1 is 1.27 bits per heavy atom. The molecule has 1 aliphatic rings. The Bertz CT molecular complexity index is 632. The van der Waals surface area contributed by atoms with Gasteiger partial charge >= 0.3 is 0 Å². The maximum Gasteiger partial charge on any atom is 0.223 e. The van der Waals surface area contributed by atoms with Crippen LogP contribution in [0.2, 0.25) is 0 Å². The molecule has 2 heterocycles. The molecule has 1 aromatic heterocycles. The molecule has 0 bridgehead atoms. The van der Waals surface area contributed by atoms with Gasteiger partial charge in [-0.25, -0.2) is 9.97 Å². The minimum absolute atomic E-state index is 0.348. The fourth-order valence-corrected chi connectivity index (χ4v) is 2.91. The topological polar surface area (TPSA) is 50.3 Å². The third kappa shape index (κ3) is 3.30. The number of para-hydroxylation sites is 2. The Kier molecular flexibility index (Phi) is 4.42. The summed E-state index contributed by atoms with van der Waals surface area (Å²) in [6.45, 7) is 3.96. The van der Waals surface area contributed by atoms with Gasteiger partial charge < -0.3 is 15.0 Å². The number of hydrogen-bond donors (Lipinski definition) is 1. The molecule has 0 saturated carbocycles. The van der Waals surface area contributed by atoms with Crippen molar-refractivity contribution >= 4 is 11.6 Å². The first-order chi connectivity index (χ1) is 10.8. The SMILES string of the molecule is COc1ccccc1N1CCCC(Nc2nccc(C)n2)C1. The Morgan fingerprint density at radius 2 is 2.14 bits per heavy atom. The third-order valence-corrected chi connectivity index (χ3v) is 3.98. The van der Waals surface area contributed by atoms with Crippen LogP contribution in [-0.4, -0.2) is 36.2 Å². The number of aryl methyl sites for hydroxylation is 1. The molecule has 2 aromatic rings. The Balaban J connectivity index is 1.71. The molecular formula is C17H22N4O. The number of nitrogens with one attached hydrogen (secondary N) is 1. The van der Waals surface area contributed by atoms with Gasteiger partial charge in [0.05, 0.1) is 12.8 Å². The summed E-state index contributed by atoms with van der Waals surface area (Å²) >= 11 is 0. The molecule has 116 valence electrons. The number of benzene rings is 1. The predicted octanol–water partition coefficient (Wildman–Crippen LogP) is 2.87. The van der Waals surface area contributed by atoms with Crippen molar-refractivity contribution in [1.82, 2.24) is 9.97 Å². The van der Waals surface area contributed by atoms with Crippen molar-refractivity contribution in [3.05, 3.63) is 42.2 Å². The predicted molar refractivity (Wildman–Crippen MR) is 88.6 cm³/mol. The van der Waals surface area contributed by atoms with E-state index < -0.39 is 0 Å². The van der Waals surface area contributed by atoms with Crippen LogP contribution < -0.4 is 15.0 Å². The van der Waals surface area contributed by atoms with E-state index in [4.69, 9.17) is 4.74 Å². The summed E-state index contributed by atoms with van der Waals surface area (Å²) in [6.07, 6.45) is 4.07. The minimum Gasteiger partial charge on any atom is -0.495 e. The van der Waals surface area contributed by atoms with E-state index in [9.17, 15) is 0 Å². The van der Waals surface area contributed by atoms with E-state index in [-0.39, 0.29) is 0 Å². The van der Waals surface area contributed by atoms with Crippen LogP contribution in [0.5, 0.6) is 5.75 Å². The smallest absolute Gasteiger partial charge is 0.223 e. The van der Waals surface area contributed by atoms with Gasteiger partial charge in [0, 0.05) is 31.0 Å². The summed E-state index contributed by atoms with van der Waals surface area (Å²) in [7, 11) is 1.72. The van der Waals surface area contributed by atoms with Gasteiger partial charge in [0.1, 0.15) is 5.75 Å². The summed E-state index contributed by atoms with van der Waals surface area (Å²) in [5, 5.41) is 3.45. The molecule has 1 aliphatic heterocycles. The molecule has 1 unspecified atom stereocenters. The van der Waals surface area contributed by atoms with Crippen molar-refractivity contribution in [3.8, 4) is 5.75 Å². The Morgan fingerprint density at radius 3 is 2.95 bits per heavy atom. The highest BCUT2D eigenvalue weighted by atomic mass is 16.5. The van der Waals surface area contributed by atoms with Gasteiger partial charge in [0.25, 0.3) is 0 Å². The van der Waals surface area contributed by atoms with Crippen molar-refractivity contribution in [2.75, 3.05) is 30.4 Å². The molecule has 0 spiro atoms. The number of methoxy groups -OCH3 is 1. The lowest BCUT2D eigenvalue weighted by Gasteiger charge is -2.35. The normalized spacial score (nSPS) is 18.1. The van der Waals surface area contributed by atoms with E-state index in [2.05, 4.69) is 32.3 Å². The second-order valence-corrected chi connectivity index (χ2v) is 5.62. The molecular weight excluding hydrogens is 276 g/mol. The second-order valence-electron chi connectivity index (χ2n) is 5.62. The zero-order valence-corrected chi connectivity index (χ0v) is 13.1. The van der Waals surface area contributed by atoms with Gasteiger partial charge in [-0.05, 0) is 38.0 Å². The largest absolute Gasteiger partial charge is 0.495 e. The zero-order chi connectivity index (χ0) is 15.4. The van der Waals surface area contributed by atoms with Gasteiger partial charge in [-0.15, -0.1) is 0 Å². The number of nitrogens with zero attached hydrogens (tertiary/aromatic N) is 3. The van der Waals surface area contributed by atoms with Crippen molar-refractivity contribution in [3.63, 3.8) is 0 Å². The molecule has 1 N–H and O–H groups in total. The molecule has 0 amide bonds. The molecule has 1 fully saturated rings. The van der Waals surface area contributed by atoms with Gasteiger partial charge in [-0.1, -0.05) is 12.1 Å². The average molecular weight is 298 g/mol. The fraction of sp³-hybridized carbons (Fsp3) is 0.412. The van der Waals surface area contributed by atoms with E-state index in [1.54, 1.807) is 13.3 Å². The molecule has 5 heteroatoms. The average Bonchev–Trinajstić information content (AvgIpc) is 2.55. The number of aromatic nitrogens is 2. The van der Waals surface area contributed by atoms with Crippen molar-refractivity contribution < 1.29 is 4.74 Å². The lowest BCUT2D eigenvalue weighted by Crippen LogP contribution is -2.42. The highest BCUT2D eigenvalue weighted by Crippen LogP contribution is 2.30. The summed E-state index contributed by atoms with van der Waals surface area (Å²) in [4.78, 5) is 11.1. The third-order valence-electron chi connectivity index (χ3n) is 3.98. The lowest BCUT2D eigenvalue weighted by atomic mass is 10.0. The van der Waals surface area contributed by atoms with E-state index in [0.29, 0.717) is 12.0 Å². The van der Waals surface area contributed by atoms with Crippen LogP contribution >= 0.6 is 0 Å². The number of rotatable bonds is 4. The zero-order valence-electron chi connectivity index (χ0n) is 13.1. The van der Waals surface area contributed by atoms with Gasteiger partial charge in [-0.3, -0.25) is 0 Å². The van der Waals surface area contributed by atoms with Gasteiger partial charge in [0.15, 0.2) is 0 Å². The minimum atomic E-state index is 0.348. The monoisotopic (exact) mass is 298 g/mol. The van der Waals surface area contributed by atoms with Crippen LogP contribution in [0.1, 0.15) is 18.5 Å². The first-order valence-corrected chi connectivity index (χ1v) is 7.70. The lowest BCUT2D eigenvalue weighted by molar-refractivity contribution is 0.411. The summed E-state index contributed by atoms with van der Waals surface area (Å²) in [5.74, 6) is 1.64. The number of anilines is 2. The van der Waals surface area contributed by atoms with Crippen LogP contribution in [0.15, 0.2) is 36.5 Å². The highest BCUT2D eigenvalue weighted by molar-refractivity contribution is 5.59. The van der Waals surface area contributed by atoms with Crippen LogP contribution in [0.25, 0.3) is 0 Å².